The number of rotatable bonds is 8. The number of alkyl halides is 6. The van der Waals surface area contributed by atoms with Crippen LogP contribution in [0, 0.1) is 0 Å². The summed E-state index contributed by atoms with van der Waals surface area (Å²) in [5, 5.41) is 9.41. The maximum Gasteiger partial charge on any atom is 0.416 e. The molecule has 2 aromatic carbocycles. The number of benzene rings is 2. The minimum absolute atomic E-state index is 0.0745. The zero-order valence-electron chi connectivity index (χ0n) is 21.8. The Morgan fingerprint density at radius 1 is 1.12 bits per heavy atom. The molecule has 0 radical (unpaired) electrons. The van der Waals surface area contributed by atoms with E-state index < -0.39 is 57.7 Å². The van der Waals surface area contributed by atoms with Gasteiger partial charge >= 0.3 is 18.0 Å². The zero-order valence-corrected chi connectivity index (χ0v) is 22.6. The molecule has 1 fully saturated rings. The molecular weight excluding hydrogens is 580 g/mol. The van der Waals surface area contributed by atoms with Crippen molar-refractivity contribution < 1.29 is 39.5 Å². The van der Waals surface area contributed by atoms with Crippen LogP contribution in [0.15, 0.2) is 57.7 Å². The third-order valence-corrected chi connectivity index (χ3v) is 7.51. The number of ether oxygens (including phenoxy) is 1. The van der Waals surface area contributed by atoms with Crippen molar-refractivity contribution >= 4 is 16.8 Å². The fraction of sp³-hybridized carbons (Fsp3) is 0.440. The molecule has 0 saturated carbocycles. The first-order valence-electron chi connectivity index (χ1n) is 12.3. The lowest BCUT2D eigenvalue weighted by Gasteiger charge is -2.42. The highest BCUT2D eigenvalue weighted by Gasteiger charge is 2.40. The zero-order chi connectivity index (χ0) is 30.0. The van der Waals surface area contributed by atoms with Crippen molar-refractivity contribution in [3.05, 3.63) is 81.3 Å². The van der Waals surface area contributed by atoms with Crippen LogP contribution in [0.1, 0.15) is 54.2 Å². The fourth-order valence-electron chi connectivity index (χ4n) is 4.72. The number of aromatic amines is 1. The van der Waals surface area contributed by atoms with Gasteiger partial charge in [-0.15, -0.1) is 5.10 Å². The van der Waals surface area contributed by atoms with E-state index in [4.69, 9.17) is 4.74 Å². The lowest BCUT2D eigenvalue weighted by Crippen LogP contribution is -2.53. The summed E-state index contributed by atoms with van der Waals surface area (Å²) in [6, 6.07) is 9.91. The fourth-order valence-corrected chi connectivity index (χ4v) is 5.05. The van der Waals surface area contributed by atoms with Gasteiger partial charge in [-0.3, -0.25) is 4.57 Å². The van der Waals surface area contributed by atoms with Gasteiger partial charge in [-0.25, -0.2) is 9.89 Å². The van der Waals surface area contributed by atoms with Crippen molar-refractivity contribution in [2.45, 2.75) is 49.8 Å². The third-order valence-electron chi connectivity index (χ3n) is 6.92. The molecule has 2 N–H and O–H groups in total. The molecule has 2 heterocycles. The number of H-pyrrole nitrogens is 1. The number of nitrogens with one attached hydrogen (secondary N) is 2. The Kier molecular flexibility index (Phi) is 8.96. The van der Waals surface area contributed by atoms with E-state index >= 15 is 0 Å². The molecule has 16 heteroatoms. The first-order chi connectivity index (χ1) is 19.2. The Hall–Kier alpha value is -3.21. The van der Waals surface area contributed by atoms with Crippen LogP contribution in [0.2, 0.25) is 0 Å². The van der Waals surface area contributed by atoms with Gasteiger partial charge < -0.3 is 22.8 Å². The summed E-state index contributed by atoms with van der Waals surface area (Å²) in [7, 11) is -0.888. The first kappa shape index (κ1) is 30.7. The van der Waals surface area contributed by atoms with Crippen molar-refractivity contribution in [3.63, 3.8) is 0 Å². The van der Waals surface area contributed by atoms with Gasteiger partial charge in [0.25, 0.3) is 0 Å². The second kappa shape index (κ2) is 12.0. The van der Waals surface area contributed by atoms with Crippen molar-refractivity contribution in [3.8, 4) is 0 Å². The highest BCUT2D eigenvalue weighted by molar-refractivity contribution is 7.69. The molecule has 4 rings (SSSR count). The van der Waals surface area contributed by atoms with Crippen molar-refractivity contribution in [1.82, 2.24) is 20.1 Å². The van der Waals surface area contributed by atoms with Gasteiger partial charge in [0, 0.05) is 13.7 Å². The van der Waals surface area contributed by atoms with Gasteiger partial charge in [0.15, 0.2) is 0 Å². The standard InChI is InChI=1S/C25H26F6N5O4S/c1-15(16-10-18(24(26,27)28)12-19(11-16)25(29,30)31)40-14-23(17-6-4-3-5-7-17)9-8-20(13-32-23)36-21(33-34-22(36)37)35-41(38)39-2/h3-7,10-12,15,20,32H,8-9,13-14H2,1-2H3,(H,34,37)/q-1/t15-,20+,23-/m1/s1. The highest BCUT2D eigenvalue weighted by Crippen LogP contribution is 2.39. The molecule has 41 heavy (non-hydrogen) atoms. The van der Waals surface area contributed by atoms with E-state index in [1.54, 1.807) is 18.2 Å². The van der Waals surface area contributed by atoms with Crippen LogP contribution >= 0.6 is 0 Å². The van der Waals surface area contributed by atoms with Crippen LogP contribution in [0.3, 0.4) is 0 Å². The second-order valence-corrected chi connectivity index (χ2v) is 10.4. The third kappa shape index (κ3) is 6.99. The highest BCUT2D eigenvalue weighted by atomic mass is 32.2. The summed E-state index contributed by atoms with van der Waals surface area (Å²) in [6.07, 6.45) is -10.3. The predicted octanol–water partition coefficient (Wildman–Crippen LogP) is 5.55. The van der Waals surface area contributed by atoms with Crippen molar-refractivity contribution in [2.75, 3.05) is 20.3 Å². The molecular formula is C25H26F6N5O4S-. The van der Waals surface area contributed by atoms with Gasteiger partial charge in [0.1, 0.15) is 0 Å². The molecule has 3 aromatic rings. The Bertz CT molecular complexity index is 1460. The van der Waals surface area contributed by atoms with E-state index in [0.29, 0.717) is 25.0 Å². The van der Waals surface area contributed by atoms with Crippen LogP contribution in [-0.2, 0) is 41.9 Å². The Morgan fingerprint density at radius 3 is 2.29 bits per heavy atom. The molecule has 9 nitrogen and oxygen atoms in total. The van der Waals surface area contributed by atoms with Gasteiger partial charge in [0.05, 0.1) is 35.4 Å². The van der Waals surface area contributed by atoms with Crippen LogP contribution < -0.4 is 11.0 Å². The SMILES string of the molecule is CO[S-](=O)=Nc1n[nH]c(=O)n1[C@H]1CC[C@@](CO[C@H](C)c2cc(C(F)(F)F)cc(C(F)(F)F)c2)(c2ccccc2)NC1. The lowest BCUT2D eigenvalue weighted by molar-refractivity contribution is -0.143. The van der Waals surface area contributed by atoms with E-state index in [-0.39, 0.29) is 30.7 Å². The largest absolute Gasteiger partial charge is 0.441 e. The van der Waals surface area contributed by atoms with Gasteiger partial charge in [-0.2, -0.15) is 26.3 Å². The molecule has 1 aliphatic rings. The van der Waals surface area contributed by atoms with Crippen LogP contribution in [0.5, 0.6) is 0 Å². The second-order valence-electron chi connectivity index (χ2n) is 9.49. The summed E-state index contributed by atoms with van der Waals surface area (Å²) in [4.78, 5) is 12.4. The Morgan fingerprint density at radius 2 is 1.76 bits per heavy atom. The number of nitrogens with zero attached hydrogens (tertiary/aromatic N) is 3. The van der Waals surface area contributed by atoms with E-state index in [1.165, 1.54) is 18.6 Å². The molecule has 224 valence electrons. The monoisotopic (exact) mass is 606 g/mol. The molecule has 0 amide bonds. The smallest absolute Gasteiger partial charge is 0.416 e. The normalized spacial score (nSPS) is 21.6. The van der Waals surface area contributed by atoms with Crippen LogP contribution in [-0.4, -0.2) is 35.0 Å². The average molecular weight is 607 g/mol. The van der Waals surface area contributed by atoms with Crippen molar-refractivity contribution in [1.29, 1.82) is 0 Å². The van der Waals surface area contributed by atoms with E-state index in [0.717, 1.165) is 5.56 Å². The summed E-state index contributed by atoms with van der Waals surface area (Å²) < 4.78 is 108. The number of piperidine rings is 1. The van der Waals surface area contributed by atoms with Crippen molar-refractivity contribution in [2.24, 2.45) is 4.36 Å². The summed E-state index contributed by atoms with van der Waals surface area (Å²) in [5.41, 5.74) is -3.81. The first-order valence-corrected chi connectivity index (χ1v) is 13.3. The number of halogens is 6. The molecule has 0 unspecified atom stereocenters. The number of hydrogen-bond donors (Lipinski definition) is 2. The Balaban J connectivity index is 1.60. The predicted molar refractivity (Wildman–Crippen MR) is 135 cm³/mol. The maximum atomic E-state index is 13.4. The molecule has 0 bridgehead atoms. The maximum absolute atomic E-state index is 13.4. The molecule has 0 spiro atoms. The number of aromatic nitrogens is 3. The van der Waals surface area contributed by atoms with E-state index in [9.17, 15) is 35.3 Å². The molecule has 1 aromatic heterocycles. The summed E-state index contributed by atoms with van der Waals surface area (Å²) in [5.74, 6) is -0.121. The quantitative estimate of drug-likeness (QED) is 0.257. The average Bonchev–Trinajstić information content (AvgIpc) is 3.30. The summed E-state index contributed by atoms with van der Waals surface area (Å²) in [6.45, 7) is 1.47. The molecule has 0 aliphatic carbocycles. The Labute approximate surface area is 232 Å². The number of hydrogen-bond acceptors (Lipinski definition) is 8. The van der Waals surface area contributed by atoms with E-state index in [2.05, 4.69) is 24.1 Å². The van der Waals surface area contributed by atoms with Crippen LogP contribution in [0.25, 0.3) is 0 Å². The topological polar surface area (TPSA) is 111 Å². The van der Waals surface area contributed by atoms with E-state index in [1.807, 2.05) is 12.1 Å². The minimum Gasteiger partial charge on any atom is -0.441 e. The van der Waals surface area contributed by atoms with Crippen LogP contribution in [0.4, 0.5) is 32.3 Å². The summed E-state index contributed by atoms with van der Waals surface area (Å²) >= 11 is 0. The van der Waals surface area contributed by atoms with Gasteiger partial charge in [-0.05, 0) is 49.1 Å². The van der Waals surface area contributed by atoms with Gasteiger partial charge in [0.2, 0.25) is 5.95 Å². The molecule has 1 saturated heterocycles. The minimum atomic E-state index is -4.98. The van der Waals surface area contributed by atoms with Gasteiger partial charge in [-0.1, -0.05) is 41.2 Å². The lowest BCUT2D eigenvalue weighted by atomic mass is 9.81. The molecule has 3 atom stereocenters. The molecule has 1 aliphatic heterocycles.